The number of Topliss-reactive ketones (excluding diaryl/α,β-unsaturated/α-hetero) is 3. The zero-order valence-electron chi connectivity index (χ0n) is 22.8. The van der Waals surface area contributed by atoms with Crippen molar-refractivity contribution in [2.24, 2.45) is 10.9 Å². The summed E-state index contributed by atoms with van der Waals surface area (Å²) in [4.78, 5) is 42.4. The minimum Gasteiger partial charge on any atom is -0.325 e. The number of nitrogens with one attached hydrogen (secondary N) is 2. The molecule has 0 aromatic heterocycles. The topological polar surface area (TPSA) is 115 Å². The fourth-order valence-electron chi connectivity index (χ4n) is 5.04. The van der Waals surface area contributed by atoms with Crippen LogP contribution < -0.4 is 10.6 Å². The van der Waals surface area contributed by atoms with Gasteiger partial charge in [0.2, 0.25) is 5.96 Å². The molecule has 1 heterocycles. The SMILES string of the molecule is CC(=O)CN1CC[C@@H](Cc2ccc(F)cc2)C[C@@H]1CCCN=C(NC#N)Nc1cc(C(C)=O)cc(C(C)=O)c1. The first kappa shape index (κ1) is 29.7. The van der Waals surface area contributed by atoms with E-state index in [0.717, 1.165) is 44.2 Å². The minimum absolute atomic E-state index is 0.137. The Balaban J connectivity index is 1.64. The van der Waals surface area contributed by atoms with Gasteiger partial charge >= 0.3 is 0 Å². The summed E-state index contributed by atoms with van der Waals surface area (Å²) < 4.78 is 13.3. The quantitative estimate of drug-likeness (QED) is 0.107. The van der Waals surface area contributed by atoms with Crippen LogP contribution in [0.15, 0.2) is 47.5 Å². The van der Waals surface area contributed by atoms with E-state index in [-0.39, 0.29) is 35.2 Å². The molecule has 8 nitrogen and oxygen atoms in total. The summed E-state index contributed by atoms with van der Waals surface area (Å²) in [5, 5.41) is 14.7. The van der Waals surface area contributed by atoms with E-state index in [4.69, 9.17) is 0 Å². The summed E-state index contributed by atoms with van der Waals surface area (Å²) in [7, 11) is 0. The van der Waals surface area contributed by atoms with E-state index in [2.05, 4.69) is 20.5 Å². The molecule has 2 aromatic rings. The number of likely N-dealkylation sites (tertiary alicyclic amines) is 1. The molecule has 1 aliphatic rings. The van der Waals surface area contributed by atoms with Crippen LogP contribution in [0.1, 0.15) is 72.7 Å². The highest BCUT2D eigenvalue weighted by molar-refractivity contribution is 6.03. The molecule has 39 heavy (non-hydrogen) atoms. The van der Waals surface area contributed by atoms with E-state index in [0.29, 0.717) is 35.8 Å². The molecule has 0 amide bonds. The Morgan fingerprint density at radius 2 is 1.74 bits per heavy atom. The van der Waals surface area contributed by atoms with E-state index in [1.807, 2.05) is 18.3 Å². The Bertz CT molecular complexity index is 1220. The summed E-state index contributed by atoms with van der Waals surface area (Å²) in [5.41, 5.74) is 2.38. The summed E-state index contributed by atoms with van der Waals surface area (Å²) in [5.74, 6) is 0.234. The second-order valence-corrected chi connectivity index (χ2v) is 10.2. The van der Waals surface area contributed by atoms with Crippen molar-refractivity contribution in [3.8, 4) is 6.19 Å². The van der Waals surface area contributed by atoms with Crippen LogP contribution in [0.2, 0.25) is 0 Å². The molecule has 1 saturated heterocycles. The Kier molecular flexibility index (Phi) is 10.9. The number of hydrogen-bond acceptors (Lipinski definition) is 6. The van der Waals surface area contributed by atoms with Crippen LogP contribution in [0.3, 0.4) is 0 Å². The Labute approximate surface area is 229 Å². The van der Waals surface area contributed by atoms with Crippen LogP contribution >= 0.6 is 0 Å². The Morgan fingerprint density at radius 1 is 1.08 bits per heavy atom. The lowest BCUT2D eigenvalue weighted by Crippen LogP contribution is -2.45. The molecule has 3 rings (SSSR count). The molecule has 1 fully saturated rings. The maximum absolute atomic E-state index is 13.3. The van der Waals surface area contributed by atoms with Gasteiger partial charge in [0.1, 0.15) is 11.6 Å². The molecule has 0 unspecified atom stereocenters. The molecule has 2 aromatic carbocycles. The number of rotatable bonds is 11. The summed E-state index contributed by atoms with van der Waals surface area (Å²) in [6.45, 7) is 6.16. The van der Waals surface area contributed by atoms with Crippen molar-refractivity contribution in [1.82, 2.24) is 10.2 Å². The second kappa shape index (κ2) is 14.3. The number of anilines is 1. The number of nitrogens with zero attached hydrogens (tertiary/aromatic N) is 3. The lowest BCUT2D eigenvalue weighted by molar-refractivity contribution is -0.119. The van der Waals surface area contributed by atoms with E-state index in [9.17, 15) is 24.0 Å². The van der Waals surface area contributed by atoms with Crippen LogP contribution in [-0.4, -0.2) is 53.9 Å². The highest BCUT2D eigenvalue weighted by Gasteiger charge is 2.28. The average Bonchev–Trinajstić information content (AvgIpc) is 2.88. The Hall–Kier alpha value is -3.90. The summed E-state index contributed by atoms with van der Waals surface area (Å²) >= 11 is 0. The monoisotopic (exact) mass is 533 g/mol. The van der Waals surface area contributed by atoms with Crippen molar-refractivity contribution in [2.75, 3.05) is 25.0 Å². The largest absolute Gasteiger partial charge is 0.325 e. The third-order valence-electron chi connectivity index (χ3n) is 6.96. The number of halogens is 1. The van der Waals surface area contributed by atoms with Gasteiger partial charge in [0.15, 0.2) is 17.8 Å². The van der Waals surface area contributed by atoms with Crippen LogP contribution in [0.4, 0.5) is 10.1 Å². The molecule has 0 saturated carbocycles. The van der Waals surface area contributed by atoms with Crippen LogP contribution in [0.5, 0.6) is 0 Å². The standard InChI is InChI=1S/C30H36FN5O3/c1-20(37)18-36-12-10-24(13-23-6-8-27(31)9-7-23)14-29(36)5-4-11-33-30(34-19-32)35-28-16-25(21(2)38)15-26(17-28)22(3)39/h6-9,15-17,24,29H,4-5,10-14,18H2,1-3H3,(H2,33,34,35)/t24-,29-/m0/s1. The molecule has 206 valence electrons. The molecule has 2 N–H and O–H groups in total. The highest BCUT2D eigenvalue weighted by Crippen LogP contribution is 2.28. The van der Waals surface area contributed by atoms with Gasteiger partial charge in [0.05, 0.1) is 6.54 Å². The molecule has 2 atom stereocenters. The van der Waals surface area contributed by atoms with Gasteiger partial charge in [-0.1, -0.05) is 12.1 Å². The zero-order chi connectivity index (χ0) is 28.4. The molecule has 0 bridgehead atoms. The minimum atomic E-state index is -0.237. The number of benzene rings is 2. The van der Waals surface area contributed by atoms with Gasteiger partial charge in [-0.2, -0.15) is 5.26 Å². The molecule has 0 radical (unpaired) electrons. The fourth-order valence-corrected chi connectivity index (χ4v) is 5.04. The number of ketones is 3. The first-order valence-corrected chi connectivity index (χ1v) is 13.3. The first-order chi connectivity index (χ1) is 18.6. The third-order valence-corrected chi connectivity index (χ3v) is 6.96. The lowest BCUT2D eigenvalue weighted by Gasteiger charge is -2.39. The van der Waals surface area contributed by atoms with Gasteiger partial charge in [-0.15, -0.1) is 0 Å². The van der Waals surface area contributed by atoms with Gasteiger partial charge in [-0.25, -0.2) is 4.39 Å². The average molecular weight is 534 g/mol. The van der Waals surface area contributed by atoms with Gasteiger partial charge in [-0.3, -0.25) is 29.6 Å². The molecular formula is C30H36FN5O3. The zero-order valence-corrected chi connectivity index (χ0v) is 22.8. The molecular weight excluding hydrogens is 497 g/mol. The van der Waals surface area contributed by atoms with E-state index in [1.54, 1.807) is 25.1 Å². The normalized spacial score (nSPS) is 17.8. The number of piperidine rings is 1. The summed E-state index contributed by atoms with van der Waals surface area (Å²) in [6.07, 6.45) is 6.26. The first-order valence-electron chi connectivity index (χ1n) is 13.3. The van der Waals surface area contributed by atoms with Crippen molar-refractivity contribution in [1.29, 1.82) is 5.26 Å². The van der Waals surface area contributed by atoms with E-state index in [1.165, 1.54) is 26.0 Å². The van der Waals surface area contributed by atoms with Crippen LogP contribution in [0, 0.1) is 23.2 Å². The van der Waals surface area contributed by atoms with Gasteiger partial charge in [0.25, 0.3) is 0 Å². The number of aliphatic imine (C=N–C) groups is 1. The van der Waals surface area contributed by atoms with Gasteiger partial charge in [0, 0.05) is 29.4 Å². The van der Waals surface area contributed by atoms with Crippen molar-refractivity contribution in [3.63, 3.8) is 0 Å². The second-order valence-electron chi connectivity index (χ2n) is 10.2. The van der Waals surface area contributed by atoms with Crippen LogP contribution in [-0.2, 0) is 11.2 Å². The number of guanidine groups is 1. The van der Waals surface area contributed by atoms with E-state index >= 15 is 0 Å². The molecule has 0 aliphatic carbocycles. The van der Waals surface area contributed by atoms with E-state index < -0.39 is 0 Å². The van der Waals surface area contributed by atoms with Gasteiger partial charge < -0.3 is 5.32 Å². The van der Waals surface area contributed by atoms with Crippen molar-refractivity contribution in [3.05, 3.63) is 65.0 Å². The predicted octanol–water partition coefficient (Wildman–Crippen LogP) is 4.76. The van der Waals surface area contributed by atoms with Crippen molar-refractivity contribution < 1.29 is 18.8 Å². The summed E-state index contributed by atoms with van der Waals surface area (Å²) in [6, 6.07) is 11.7. The number of carbonyl (C=O) groups is 3. The smallest absolute Gasteiger partial charge is 0.209 e. The maximum atomic E-state index is 13.3. The number of carbonyl (C=O) groups excluding carboxylic acids is 3. The van der Waals surface area contributed by atoms with Gasteiger partial charge in [-0.05, 0) is 101 Å². The third kappa shape index (κ3) is 9.41. The molecule has 9 heteroatoms. The van der Waals surface area contributed by atoms with Crippen LogP contribution in [0.25, 0.3) is 0 Å². The van der Waals surface area contributed by atoms with Crippen molar-refractivity contribution >= 4 is 29.0 Å². The molecule has 0 spiro atoms. The predicted molar refractivity (Wildman–Crippen MR) is 149 cm³/mol. The lowest BCUT2D eigenvalue weighted by atomic mass is 9.84. The Morgan fingerprint density at radius 3 is 2.33 bits per heavy atom. The highest BCUT2D eigenvalue weighted by atomic mass is 19.1. The number of nitriles is 1. The number of hydrogen-bond donors (Lipinski definition) is 2. The van der Waals surface area contributed by atoms with Crippen molar-refractivity contribution in [2.45, 2.75) is 58.9 Å². The maximum Gasteiger partial charge on any atom is 0.209 e. The fraction of sp³-hybridized carbons (Fsp3) is 0.433. The molecule has 1 aliphatic heterocycles.